The van der Waals surface area contributed by atoms with Crippen LogP contribution in [0.25, 0.3) is 27.8 Å². The maximum atomic E-state index is 15.1. The average Bonchev–Trinajstić information content (AvgIpc) is 2.92. The molecule has 1 unspecified atom stereocenters. The van der Waals surface area contributed by atoms with Crippen molar-refractivity contribution in [2.24, 2.45) is 5.92 Å². The molecule has 3 aromatic rings. The Labute approximate surface area is 220 Å². The highest BCUT2D eigenvalue weighted by Crippen LogP contribution is 2.35. The zero-order chi connectivity index (χ0) is 26.2. The molecule has 0 amide bonds. The van der Waals surface area contributed by atoms with Crippen LogP contribution < -0.4 is 0 Å². The maximum Gasteiger partial charge on any atom is 0.166 e. The summed E-state index contributed by atoms with van der Waals surface area (Å²) in [6.45, 7) is 4.32. The Hall–Kier alpha value is -2.81. The van der Waals surface area contributed by atoms with Crippen LogP contribution in [-0.2, 0) is 6.42 Å². The van der Waals surface area contributed by atoms with E-state index >= 15 is 4.39 Å². The Bertz CT molecular complexity index is 1210. The second-order valence-electron chi connectivity index (χ2n) is 10.5. The van der Waals surface area contributed by atoms with Gasteiger partial charge >= 0.3 is 0 Å². The molecule has 0 aliphatic heterocycles. The van der Waals surface area contributed by atoms with Crippen molar-refractivity contribution in [3.8, 4) is 22.3 Å². The fourth-order valence-corrected chi connectivity index (χ4v) is 5.45. The molecule has 1 aliphatic carbocycles. The lowest BCUT2D eigenvalue weighted by atomic mass is 9.83. The number of hydrogen-bond acceptors (Lipinski definition) is 0. The summed E-state index contributed by atoms with van der Waals surface area (Å²) >= 11 is 0. The lowest BCUT2D eigenvalue weighted by Crippen LogP contribution is -2.06. The van der Waals surface area contributed by atoms with Gasteiger partial charge < -0.3 is 0 Å². The van der Waals surface area contributed by atoms with Crippen molar-refractivity contribution in [3.63, 3.8) is 0 Å². The average molecular weight is 505 g/mol. The molecule has 0 fully saturated rings. The van der Waals surface area contributed by atoms with E-state index in [1.54, 1.807) is 30.3 Å². The van der Waals surface area contributed by atoms with Gasteiger partial charge in [0.2, 0.25) is 0 Å². The molecule has 196 valence electrons. The van der Waals surface area contributed by atoms with Crippen molar-refractivity contribution >= 4 is 5.57 Å². The van der Waals surface area contributed by atoms with Gasteiger partial charge in [0.1, 0.15) is 5.82 Å². The van der Waals surface area contributed by atoms with Gasteiger partial charge in [-0.1, -0.05) is 107 Å². The van der Waals surface area contributed by atoms with Crippen molar-refractivity contribution in [2.75, 3.05) is 0 Å². The lowest BCUT2D eigenvalue weighted by molar-refractivity contribution is 0.427. The van der Waals surface area contributed by atoms with Crippen LogP contribution in [0, 0.1) is 23.4 Å². The monoisotopic (exact) mass is 504 g/mol. The van der Waals surface area contributed by atoms with Crippen molar-refractivity contribution < 1.29 is 13.2 Å². The van der Waals surface area contributed by atoms with Crippen molar-refractivity contribution in [3.05, 3.63) is 89.3 Å². The zero-order valence-electron chi connectivity index (χ0n) is 22.3. The van der Waals surface area contributed by atoms with Crippen LogP contribution >= 0.6 is 0 Å². The van der Waals surface area contributed by atoms with E-state index in [2.05, 4.69) is 19.9 Å². The van der Waals surface area contributed by atoms with Crippen LogP contribution in [0.2, 0.25) is 0 Å². The van der Waals surface area contributed by atoms with E-state index in [0.29, 0.717) is 23.1 Å². The number of halogens is 3. The highest BCUT2D eigenvalue weighted by molar-refractivity contribution is 5.74. The summed E-state index contributed by atoms with van der Waals surface area (Å²) in [6.07, 6.45) is 13.9. The largest absolute Gasteiger partial charge is 0.206 e. The first-order valence-corrected chi connectivity index (χ1v) is 14.1. The number of allylic oxidation sites excluding steroid dienone is 2. The van der Waals surface area contributed by atoms with E-state index in [1.807, 2.05) is 24.3 Å². The van der Waals surface area contributed by atoms with Gasteiger partial charge in [0.15, 0.2) is 11.6 Å². The van der Waals surface area contributed by atoms with Crippen LogP contribution in [0.3, 0.4) is 0 Å². The molecule has 0 N–H and O–H groups in total. The summed E-state index contributed by atoms with van der Waals surface area (Å²) in [5, 5.41) is 0. The number of benzene rings is 3. The molecule has 3 aromatic carbocycles. The molecular weight excluding hydrogens is 465 g/mol. The highest BCUT2D eigenvalue weighted by Gasteiger charge is 2.18. The Balaban J connectivity index is 1.46. The van der Waals surface area contributed by atoms with Gasteiger partial charge in [-0.25, -0.2) is 13.2 Å². The van der Waals surface area contributed by atoms with Gasteiger partial charge in [-0.05, 0) is 71.9 Å². The highest BCUT2D eigenvalue weighted by atomic mass is 19.2. The summed E-state index contributed by atoms with van der Waals surface area (Å²) in [7, 11) is 0. The fourth-order valence-electron chi connectivity index (χ4n) is 5.45. The van der Waals surface area contributed by atoms with Gasteiger partial charge in [0.05, 0.1) is 0 Å². The summed E-state index contributed by atoms with van der Waals surface area (Å²) < 4.78 is 44.6. The molecule has 0 nitrogen and oxygen atoms in total. The van der Waals surface area contributed by atoms with E-state index in [9.17, 15) is 8.78 Å². The zero-order valence-corrected chi connectivity index (χ0v) is 22.3. The smallest absolute Gasteiger partial charge is 0.166 e. The summed E-state index contributed by atoms with van der Waals surface area (Å²) in [4.78, 5) is 0. The van der Waals surface area contributed by atoms with Crippen molar-refractivity contribution in [1.29, 1.82) is 0 Å². The van der Waals surface area contributed by atoms with Crippen LogP contribution in [0.4, 0.5) is 13.2 Å². The lowest BCUT2D eigenvalue weighted by Gasteiger charge is -2.22. The predicted octanol–water partition coefficient (Wildman–Crippen LogP) is 10.9. The summed E-state index contributed by atoms with van der Waals surface area (Å²) in [5.41, 5.74) is 4.73. The fraction of sp³-hybridized carbons (Fsp3) is 0.412. The number of aryl methyl sites for hydroxylation is 1. The second kappa shape index (κ2) is 13.1. The Morgan fingerprint density at radius 2 is 1.38 bits per heavy atom. The van der Waals surface area contributed by atoms with E-state index in [4.69, 9.17) is 0 Å². The minimum Gasteiger partial charge on any atom is -0.206 e. The summed E-state index contributed by atoms with van der Waals surface area (Å²) in [6, 6.07) is 16.0. The molecule has 0 aromatic heterocycles. The Morgan fingerprint density at radius 3 is 2.05 bits per heavy atom. The predicted molar refractivity (Wildman–Crippen MR) is 150 cm³/mol. The number of hydrogen-bond donors (Lipinski definition) is 0. The molecule has 0 saturated heterocycles. The molecule has 0 heterocycles. The molecule has 0 saturated carbocycles. The van der Waals surface area contributed by atoms with E-state index < -0.39 is 11.6 Å². The molecule has 37 heavy (non-hydrogen) atoms. The molecule has 0 bridgehead atoms. The van der Waals surface area contributed by atoms with Crippen LogP contribution in [-0.4, -0.2) is 0 Å². The molecule has 1 atom stereocenters. The first-order valence-electron chi connectivity index (χ1n) is 14.1. The van der Waals surface area contributed by atoms with Gasteiger partial charge in [-0.15, -0.1) is 0 Å². The minimum absolute atomic E-state index is 0.205. The maximum absolute atomic E-state index is 15.1. The second-order valence-corrected chi connectivity index (χ2v) is 10.5. The topological polar surface area (TPSA) is 0 Å². The molecule has 0 spiro atoms. The number of rotatable bonds is 11. The van der Waals surface area contributed by atoms with Crippen molar-refractivity contribution in [2.45, 2.75) is 84.5 Å². The molecule has 4 rings (SSSR count). The van der Waals surface area contributed by atoms with Crippen LogP contribution in [0.5, 0.6) is 0 Å². The quantitative estimate of drug-likeness (QED) is 0.228. The third kappa shape index (κ3) is 6.74. The van der Waals surface area contributed by atoms with Gasteiger partial charge in [-0.3, -0.25) is 0 Å². The normalized spacial score (nSPS) is 15.6. The third-order valence-corrected chi connectivity index (χ3v) is 7.79. The Morgan fingerprint density at radius 1 is 0.703 bits per heavy atom. The third-order valence-electron chi connectivity index (χ3n) is 7.79. The van der Waals surface area contributed by atoms with Gasteiger partial charge in [-0.2, -0.15) is 0 Å². The SMILES string of the molecule is CCCCCc1ccc(-c2ccc(-c3ccc(C4=CCC(CCCCC)CC4)c(F)c3)cc2)c(F)c1F. The first kappa shape index (κ1) is 27.2. The Kier molecular flexibility index (Phi) is 9.66. The van der Waals surface area contributed by atoms with E-state index in [1.165, 1.54) is 25.7 Å². The molecule has 1 aliphatic rings. The van der Waals surface area contributed by atoms with E-state index in [-0.39, 0.29) is 11.4 Å². The minimum atomic E-state index is -0.800. The molecule has 0 radical (unpaired) electrons. The first-order chi connectivity index (χ1) is 18.0. The number of unbranched alkanes of at least 4 members (excludes halogenated alkanes) is 4. The molecular formula is C34H39F3. The van der Waals surface area contributed by atoms with Gasteiger partial charge in [0, 0.05) is 11.1 Å². The summed E-state index contributed by atoms with van der Waals surface area (Å²) in [5.74, 6) is -1.03. The van der Waals surface area contributed by atoms with E-state index in [0.717, 1.165) is 61.1 Å². The molecule has 3 heteroatoms. The van der Waals surface area contributed by atoms with Gasteiger partial charge in [0.25, 0.3) is 0 Å². The van der Waals surface area contributed by atoms with Crippen LogP contribution in [0.1, 0.15) is 89.2 Å². The van der Waals surface area contributed by atoms with Crippen molar-refractivity contribution in [1.82, 2.24) is 0 Å². The standard InChI is InChI=1S/C34H39F3/c1-3-5-7-9-24-11-13-26(14-12-24)30-21-20-29(23-32(30)35)25-15-17-27(18-16-25)31-22-19-28(10-8-6-4-2)33(36)34(31)37/h13,15-24H,3-12,14H2,1-2H3. The van der Waals surface area contributed by atoms with Crippen LogP contribution in [0.15, 0.2) is 60.7 Å².